The van der Waals surface area contributed by atoms with E-state index in [1.807, 2.05) is 48.5 Å². The lowest BCUT2D eigenvalue weighted by Gasteiger charge is -2.19. The van der Waals surface area contributed by atoms with Gasteiger partial charge in [-0.2, -0.15) is 5.10 Å². The fourth-order valence-corrected chi connectivity index (χ4v) is 1.25. The summed E-state index contributed by atoms with van der Waals surface area (Å²) in [5.74, 6) is 0.801. The van der Waals surface area contributed by atoms with Gasteiger partial charge in [0.25, 0.3) is 0 Å². The highest BCUT2D eigenvalue weighted by Gasteiger charge is 2.05. The predicted molar refractivity (Wildman–Crippen MR) is 55.4 cm³/mol. The third-order valence-corrected chi connectivity index (χ3v) is 1.85. The lowest BCUT2D eigenvalue weighted by molar-refractivity contribution is 0.951. The Bertz CT molecular complexity index is 340. The normalized spacial score (nSPS) is 15.8. The van der Waals surface area contributed by atoms with Crippen molar-refractivity contribution in [2.45, 2.75) is 6.92 Å². The number of rotatable bonds is 1. The van der Waals surface area contributed by atoms with E-state index in [0.29, 0.717) is 0 Å². The number of hydrazone groups is 1. The van der Waals surface area contributed by atoms with Crippen molar-refractivity contribution in [2.24, 2.45) is 10.1 Å². The van der Waals surface area contributed by atoms with E-state index in [-0.39, 0.29) is 0 Å². The lowest BCUT2D eigenvalue weighted by Crippen LogP contribution is -2.23. The summed E-state index contributed by atoms with van der Waals surface area (Å²) in [4.78, 5) is 4.09. The SMILES string of the molecule is CC1=NN(c2ccccc2)CC=N1. The third kappa shape index (κ3) is 1.75. The first-order valence-electron chi connectivity index (χ1n) is 4.26. The molecule has 1 aromatic rings. The Balaban J connectivity index is 2.24. The van der Waals surface area contributed by atoms with Crippen LogP contribution in [0.5, 0.6) is 0 Å². The average molecular weight is 173 g/mol. The Labute approximate surface area is 77.4 Å². The van der Waals surface area contributed by atoms with Crippen molar-refractivity contribution in [3.05, 3.63) is 30.3 Å². The molecule has 0 atom stereocenters. The Morgan fingerprint density at radius 1 is 1.23 bits per heavy atom. The molecule has 0 aliphatic carbocycles. The maximum absolute atomic E-state index is 4.30. The van der Waals surface area contributed by atoms with E-state index in [1.165, 1.54) is 0 Å². The van der Waals surface area contributed by atoms with Crippen LogP contribution in [0.25, 0.3) is 0 Å². The summed E-state index contributed by atoms with van der Waals surface area (Å²) in [6.45, 7) is 2.65. The van der Waals surface area contributed by atoms with Crippen molar-refractivity contribution in [1.82, 2.24) is 0 Å². The number of hydrogen-bond donors (Lipinski definition) is 0. The zero-order valence-corrected chi connectivity index (χ0v) is 7.51. The number of benzene rings is 1. The Hall–Kier alpha value is -1.64. The first kappa shape index (κ1) is 7.98. The molecule has 0 spiro atoms. The topological polar surface area (TPSA) is 28.0 Å². The largest absolute Gasteiger partial charge is 0.258 e. The maximum Gasteiger partial charge on any atom is 0.145 e. The number of para-hydroxylation sites is 1. The van der Waals surface area contributed by atoms with E-state index in [2.05, 4.69) is 10.1 Å². The Morgan fingerprint density at radius 2 is 2.00 bits per heavy atom. The van der Waals surface area contributed by atoms with Gasteiger partial charge in [-0.3, -0.25) is 5.01 Å². The summed E-state index contributed by atoms with van der Waals surface area (Å²) in [7, 11) is 0. The van der Waals surface area contributed by atoms with Gasteiger partial charge in [-0.05, 0) is 19.1 Å². The standard InChI is InChI=1S/C10H11N3/c1-9-11-7-8-13(12-9)10-5-3-2-4-6-10/h2-7H,8H2,1H3. The van der Waals surface area contributed by atoms with Crippen molar-refractivity contribution in [3.63, 3.8) is 0 Å². The summed E-state index contributed by atoms with van der Waals surface area (Å²) in [6.07, 6.45) is 1.87. The van der Waals surface area contributed by atoms with Crippen LogP contribution in [0.2, 0.25) is 0 Å². The van der Waals surface area contributed by atoms with Gasteiger partial charge in [0.15, 0.2) is 0 Å². The maximum atomic E-state index is 4.30. The minimum atomic E-state index is 0.751. The van der Waals surface area contributed by atoms with Gasteiger partial charge in [-0.25, -0.2) is 4.99 Å². The molecular weight excluding hydrogens is 162 g/mol. The molecule has 0 amide bonds. The lowest BCUT2D eigenvalue weighted by atomic mass is 10.3. The van der Waals surface area contributed by atoms with Crippen LogP contribution in [0.4, 0.5) is 5.69 Å². The van der Waals surface area contributed by atoms with Crippen LogP contribution in [0.3, 0.4) is 0 Å². The molecule has 2 rings (SSSR count). The molecule has 0 radical (unpaired) electrons. The summed E-state index contributed by atoms with van der Waals surface area (Å²) in [5, 5.41) is 6.24. The fraction of sp³-hybridized carbons (Fsp3) is 0.200. The van der Waals surface area contributed by atoms with E-state index >= 15 is 0 Å². The van der Waals surface area contributed by atoms with E-state index in [0.717, 1.165) is 18.1 Å². The zero-order chi connectivity index (χ0) is 9.10. The van der Waals surface area contributed by atoms with Crippen LogP contribution < -0.4 is 5.01 Å². The summed E-state index contributed by atoms with van der Waals surface area (Å²) in [6, 6.07) is 10.1. The molecule has 0 N–H and O–H groups in total. The Kier molecular flexibility index (Phi) is 2.08. The van der Waals surface area contributed by atoms with Gasteiger partial charge < -0.3 is 0 Å². The van der Waals surface area contributed by atoms with Crippen LogP contribution in [0, 0.1) is 0 Å². The van der Waals surface area contributed by atoms with Gasteiger partial charge >= 0.3 is 0 Å². The highest BCUT2D eigenvalue weighted by atomic mass is 15.5. The number of aliphatic imine (C=N–C) groups is 1. The van der Waals surface area contributed by atoms with E-state index in [1.54, 1.807) is 0 Å². The third-order valence-electron chi connectivity index (χ3n) is 1.85. The van der Waals surface area contributed by atoms with Crippen LogP contribution in [0.15, 0.2) is 40.4 Å². The highest BCUT2D eigenvalue weighted by Crippen LogP contribution is 2.14. The number of amidine groups is 1. The summed E-state index contributed by atoms with van der Waals surface area (Å²) in [5.41, 5.74) is 1.10. The highest BCUT2D eigenvalue weighted by molar-refractivity contribution is 5.91. The van der Waals surface area contributed by atoms with Gasteiger partial charge in [0.2, 0.25) is 0 Å². The minimum Gasteiger partial charge on any atom is -0.258 e. The molecule has 0 saturated heterocycles. The molecule has 66 valence electrons. The average Bonchev–Trinajstić information content (AvgIpc) is 2.19. The molecule has 3 heteroatoms. The van der Waals surface area contributed by atoms with Crippen molar-refractivity contribution in [2.75, 3.05) is 11.6 Å². The van der Waals surface area contributed by atoms with Crippen molar-refractivity contribution in [3.8, 4) is 0 Å². The molecule has 13 heavy (non-hydrogen) atoms. The second kappa shape index (κ2) is 3.39. The molecule has 0 unspecified atom stereocenters. The van der Waals surface area contributed by atoms with Gasteiger partial charge in [0.05, 0.1) is 12.2 Å². The van der Waals surface area contributed by atoms with Crippen LogP contribution in [-0.2, 0) is 0 Å². The minimum absolute atomic E-state index is 0.751. The summed E-state index contributed by atoms with van der Waals surface area (Å²) < 4.78 is 0. The monoisotopic (exact) mass is 173 g/mol. The van der Waals surface area contributed by atoms with E-state index < -0.39 is 0 Å². The van der Waals surface area contributed by atoms with E-state index in [9.17, 15) is 0 Å². The molecule has 1 heterocycles. The second-order valence-corrected chi connectivity index (χ2v) is 2.88. The molecule has 0 bridgehead atoms. The first-order valence-corrected chi connectivity index (χ1v) is 4.26. The smallest absolute Gasteiger partial charge is 0.145 e. The Morgan fingerprint density at radius 3 is 2.69 bits per heavy atom. The number of hydrogen-bond acceptors (Lipinski definition) is 3. The van der Waals surface area contributed by atoms with Crippen molar-refractivity contribution >= 4 is 17.7 Å². The molecule has 0 fully saturated rings. The number of nitrogens with zero attached hydrogens (tertiary/aromatic N) is 3. The van der Waals surface area contributed by atoms with Crippen LogP contribution in [0.1, 0.15) is 6.92 Å². The number of anilines is 1. The van der Waals surface area contributed by atoms with Crippen molar-refractivity contribution < 1.29 is 0 Å². The van der Waals surface area contributed by atoms with Gasteiger partial charge in [0.1, 0.15) is 5.84 Å². The molecule has 1 aliphatic rings. The molecule has 0 aromatic heterocycles. The molecule has 0 saturated carbocycles. The van der Waals surface area contributed by atoms with Crippen LogP contribution >= 0.6 is 0 Å². The predicted octanol–water partition coefficient (Wildman–Crippen LogP) is 1.91. The molecule has 1 aliphatic heterocycles. The van der Waals surface area contributed by atoms with Crippen LogP contribution in [-0.4, -0.2) is 18.6 Å². The van der Waals surface area contributed by atoms with Gasteiger partial charge in [-0.15, -0.1) is 0 Å². The van der Waals surface area contributed by atoms with Gasteiger partial charge in [-0.1, -0.05) is 18.2 Å². The van der Waals surface area contributed by atoms with E-state index in [4.69, 9.17) is 0 Å². The van der Waals surface area contributed by atoms with Crippen molar-refractivity contribution in [1.29, 1.82) is 0 Å². The van der Waals surface area contributed by atoms with Gasteiger partial charge in [0, 0.05) is 6.21 Å². The molecular formula is C10H11N3. The molecule has 3 nitrogen and oxygen atoms in total. The quantitative estimate of drug-likeness (QED) is 0.637. The molecule has 1 aromatic carbocycles. The zero-order valence-electron chi connectivity index (χ0n) is 7.51. The summed E-state index contributed by atoms with van der Waals surface area (Å²) >= 11 is 0. The fourth-order valence-electron chi connectivity index (χ4n) is 1.25. The second-order valence-electron chi connectivity index (χ2n) is 2.88. The first-order chi connectivity index (χ1) is 6.36.